The Labute approximate surface area is 138 Å². The van der Waals surface area contributed by atoms with Crippen molar-refractivity contribution in [3.05, 3.63) is 54.4 Å². The maximum atomic E-state index is 11.7. The van der Waals surface area contributed by atoms with Crippen LogP contribution in [-0.2, 0) is 0 Å². The fourth-order valence-corrected chi connectivity index (χ4v) is 2.34. The van der Waals surface area contributed by atoms with Gasteiger partial charge in [0.05, 0.1) is 28.7 Å². The average Bonchev–Trinajstić information content (AvgIpc) is 3.05. The van der Waals surface area contributed by atoms with Gasteiger partial charge in [-0.05, 0) is 31.2 Å². The molecule has 2 aromatic heterocycles. The Kier molecular flexibility index (Phi) is 4.03. The van der Waals surface area contributed by atoms with E-state index in [0.717, 1.165) is 0 Å². The highest BCUT2D eigenvalue weighted by Gasteiger charge is 2.16. The van der Waals surface area contributed by atoms with Crippen LogP contribution in [0.5, 0.6) is 5.75 Å². The number of carbonyl (C=O) groups is 1. The molecule has 120 valence electrons. The molecule has 0 aliphatic rings. The van der Waals surface area contributed by atoms with Crippen LogP contribution in [0.4, 0.5) is 11.4 Å². The Morgan fingerprint density at radius 3 is 2.92 bits per heavy atom. The van der Waals surface area contributed by atoms with Gasteiger partial charge in [-0.2, -0.15) is 10.4 Å². The van der Waals surface area contributed by atoms with E-state index in [2.05, 4.69) is 10.4 Å². The molecule has 7 heteroatoms. The van der Waals surface area contributed by atoms with Crippen LogP contribution >= 0.6 is 0 Å². The van der Waals surface area contributed by atoms with Crippen molar-refractivity contribution in [1.29, 1.82) is 5.26 Å². The van der Waals surface area contributed by atoms with Gasteiger partial charge in [0.15, 0.2) is 6.10 Å². The van der Waals surface area contributed by atoms with Crippen molar-refractivity contribution < 1.29 is 9.53 Å². The van der Waals surface area contributed by atoms with Gasteiger partial charge in [-0.1, -0.05) is 12.1 Å². The standard InChI is InChI=1S/C17H15N5O2/c1-11(9-18)24-15-7-3-2-5-13(15)21-16-12(17(19)23)10-20-22-8-4-6-14(16)22/h2-8,10-11,21H,1H3,(H2,19,23). The zero-order valence-corrected chi connectivity index (χ0v) is 12.9. The molecule has 3 aromatic rings. The van der Waals surface area contributed by atoms with Crippen molar-refractivity contribution in [1.82, 2.24) is 9.61 Å². The van der Waals surface area contributed by atoms with Crippen LogP contribution in [0.25, 0.3) is 5.52 Å². The van der Waals surface area contributed by atoms with Crippen LogP contribution in [0.3, 0.4) is 0 Å². The number of carbonyl (C=O) groups excluding carboxylic acids is 1. The molecule has 2 heterocycles. The molecule has 3 N–H and O–H groups in total. The number of benzene rings is 1. The van der Waals surface area contributed by atoms with Crippen molar-refractivity contribution in [2.75, 3.05) is 5.32 Å². The summed E-state index contributed by atoms with van der Waals surface area (Å²) in [7, 11) is 0. The first kappa shape index (κ1) is 15.4. The molecule has 1 amide bonds. The van der Waals surface area contributed by atoms with Crippen LogP contribution in [0.15, 0.2) is 48.8 Å². The molecular formula is C17H15N5O2. The number of nitrogens with two attached hydrogens (primary N) is 1. The quantitative estimate of drug-likeness (QED) is 0.751. The molecule has 1 aromatic carbocycles. The minimum atomic E-state index is -0.602. The molecule has 0 aliphatic carbocycles. The molecule has 0 spiro atoms. The maximum Gasteiger partial charge on any atom is 0.252 e. The fourth-order valence-electron chi connectivity index (χ4n) is 2.34. The summed E-state index contributed by atoms with van der Waals surface area (Å²) in [5, 5.41) is 16.3. The van der Waals surface area contributed by atoms with Crippen LogP contribution in [0.2, 0.25) is 0 Å². The number of anilines is 2. The first-order valence-electron chi connectivity index (χ1n) is 7.28. The predicted octanol–water partition coefficient (Wildman–Crippen LogP) is 2.47. The number of hydrogen-bond donors (Lipinski definition) is 2. The topological polar surface area (TPSA) is 105 Å². The van der Waals surface area contributed by atoms with E-state index < -0.39 is 12.0 Å². The summed E-state index contributed by atoms with van der Waals surface area (Å²) in [6.45, 7) is 1.66. The molecule has 24 heavy (non-hydrogen) atoms. The summed E-state index contributed by atoms with van der Waals surface area (Å²) in [5.41, 5.74) is 7.59. The van der Waals surface area contributed by atoms with Gasteiger partial charge in [-0.25, -0.2) is 4.52 Å². The lowest BCUT2D eigenvalue weighted by Gasteiger charge is -2.16. The third kappa shape index (κ3) is 2.85. The number of aromatic nitrogens is 2. The molecule has 0 radical (unpaired) electrons. The second-order valence-electron chi connectivity index (χ2n) is 5.15. The highest BCUT2D eigenvalue weighted by molar-refractivity contribution is 6.03. The molecule has 0 aliphatic heterocycles. The van der Waals surface area contributed by atoms with Crippen molar-refractivity contribution >= 4 is 22.8 Å². The third-order valence-corrected chi connectivity index (χ3v) is 3.46. The molecular weight excluding hydrogens is 306 g/mol. The predicted molar refractivity (Wildman–Crippen MR) is 89.1 cm³/mol. The molecule has 1 unspecified atom stereocenters. The van der Waals surface area contributed by atoms with E-state index in [1.54, 1.807) is 35.8 Å². The Morgan fingerprint density at radius 1 is 1.38 bits per heavy atom. The first-order valence-corrected chi connectivity index (χ1v) is 7.28. The zero-order chi connectivity index (χ0) is 17.1. The molecule has 1 atom stereocenters. The van der Waals surface area contributed by atoms with E-state index >= 15 is 0 Å². The van der Waals surface area contributed by atoms with E-state index in [0.29, 0.717) is 22.6 Å². The van der Waals surface area contributed by atoms with Gasteiger partial charge in [0.25, 0.3) is 5.91 Å². The van der Waals surface area contributed by atoms with Gasteiger partial charge in [0.2, 0.25) is 0 Å². The monoisotopic (exact) mass is 321 g/mol. The van der Waals surface area contributed by atoms with Crippen molar-refractivity contribution in [3.63, 3.8) is 0 Å². The smallest absolute Gasteiger partial charge is 0.252 e. The molecule has 0 saturated carbocycles. The Balaban J connectivity index is 2.08. The van der Waals surface area contributed by atoms with Gasteiger partial charge >= 0.3 is 0 Å². The Morgan fingerprint density at radius 2 is 2.17 bits per heavy atom. The SMILES string of the molecule is CC(C#N)Oc1ccccc1Nc1c(C(N)=O)cnn2cccc12. The second-order valence-corrected chi connectivity index (χ2v) is 5.15. The number of primary amides is 1. The highest BCUT2D eigenvalue weighted by atomic mass is 16.5. The molecule has 7 nitrogen and oxygen atoms in total. The van der Waals surface area contributed by atoms with Gasteiger partial charge < -0.3 is 15.8 Å². The van der Waals surface area contributed by atoms with E-state index in [4.69, 9.17) is 15.7 Å². The number of para-hydroxylation sites is 2. The normalized spacial score (nSPS) is 11.7. The van der Waals surface area contributed by atoms with Gasteiger partial charge in [-0.3, -0.25) is 4.79 Å². The minimum Gasteiger partial charge on any atom is -0.474 e. The number of nitrogens with one attached hydrogen (secondary N) is 1. The fraction of sp³-hybridized carbons (Fsp3) is 0.118. The van der Waals surface area contributed by atoms with Crippen molar-refractivity contribution in [2.45, 2.75) is 13.0 Å². The number of nitriles is 1. The largest absolute Gasteiger partial charge is 0.474 e. The summed E-state index contributed by atoms with van der Waals surface area (Å²) < 4.78 is 7.23. The highest BCUT2D eigenvalue weighted by Crippen LogP contribution is 2.31. The molecule has 0 saturated heterocycles. The van der Waals surface area contributed by atoms with Crippen LogP contribution in [-0.4, -0.2) is 21.6 Å². The zero-order valence-electron chi connectivity index (χ0n) is 12.9. The van der Waals surface area contributed by atoms with E-state index in [1.807, 2.05) is 24.3 Å². The summed E-state index contributed by atoms with van der Waals surface area (Å²) in [5.74, 6) is -0.0824. The van der Waals surface area contributed by atoms with Gasteiger partial charge in [0.1, 0.15) is 11.8 Å². The van der Waals surface area contributed by atoms with Crippen LogP contribution in [0.1, 0.15) is 17.3 Å². The lowest BCUT2D eigenvalue weighted by Crippen LogP contribution is -2.15. The summed E-state index contributed by atoms with van der Waals surface area (Å²) in [4.78, 5) is 11.7. The van der Waals surface area contributed by atoms with E-state index in [-0.39, 0.29) is 5.56 Å². The van der Waals surface area contributed by atoms with Gasteiger partial charge in [0, 0.05) is 6.20 Å². The number of nitrogens with zero attached hydrogens (tertiary/aromatic N) is 3. The lowest BCUT2D eigenvalue weighted by molar-refractivity contribution is 0.100. The maximum absolute atomic E-state index is 11.7. The summed E-state index contributed by atoms with van der Waals surface area (Å²) in [6, 6.07) is 12.8. The number of hydrogen-bond acceptors (Lipinski definition) is 5. The van der Waals surface area contributed by atoms with Gasteiger partial charge in [-0.15, -0.1) is 0 Å². The molecule has 0 fully saturated rings. The lowest BCUT2D eigenvalue weighted by atomic mass is 10.2. The first-order chi connectivity index (χ1) is 11.6. The minimum absolute atomic E-state index is 0.268. The Hall–Kier alpha value is -3.53. The summed E-state index contributed by atoms with van der Waals surface area (Å²) in [6.07, 6.45) is 2.58. The Bertz CT molecular complexity index is 942. The van der Waals surface area contributed by atoms with Crippen molar-refractivity contribution in [3.8, 4) is 11.8 Å². The van der Waals surface area contributed by atoms with E-state index in [9.17, 15) is 4.79 Å². The number of ether oxygens (including phenoxy) is 1. The van der Waals surface area contributed by atoms with Crippen molar-refractivity contribution in [2.24, 2.45) is 5.73 Å². The number of amides is 1. The third-order valence-electron chi connectivity index (χ3n) is 3.46. The molecule has 3 rings (SSSR count). The summed E-state index contributed by atoms with van der Waals surface area (Å²) >= 11 is 0. The molecule has 0 bridgehead atoms. The second kappa shape index (κ2) is 6.30. The number of rotatable bonds is 5. The van der Waals surface area contributed by atoms with Crippen LogP contribution in [0, 0.1) is 11.3 Å². The average molecular weight is 321 g/mol. The van der Waals surface area contributed by atoms with Crippen LogP contribution < -0.4 is 15.8 Å². The number of fused-ring (bicyclic) bond motifs is 1. The van der Waals surface area contributed by atoms with E-state index in [1.165, 1.54) is 6.20 Å².